The Balaban J connectivity index is 0.00000341. The zero-order valence-electron chi connectivity index (χ0n) is 17.6. The first-order valence-electron chi connectivity index (χ1n) is 9.27. The smallest absolute Gasteiger partial charge is 0.260 e. The number of rotatable bonds is 8. The number of halogens is 3. The van der Waals surface area contributed by atoms with Crippen molar-refractivity contribution in [3.8, 4) is 11.5 Å². The molecule has 2 aromatic carbocycles. The van der Waals surface area contributed by atoms with E-state index in [2.05, 4.69) is 4.90 Å². The van der Waals surface area contributed by atoms with Gasteiger partial charge in [-0.15, -0.1) is 12.4 Å². The van der Waals surface area contributed by atoms with Gasteiger partial charge in [-0.25, -0.2) is 4.98 Å². The molecule has 0 radical (unpaired) electrons. The predicted octanol–water partition coefficient (Wildman–Crippen LogP) is 5.64. The highest BCUT2D eigenvalue weighted by molar-refractivity contribution is 7.22. The number of hydrogen-bond donors (Lipinski definition) is 0. The molecule has 0 saturated heterocycles. The van der Waals surface area contributed by atoms with Crippen molar-refractivity contribution >= 4 is 68.2 Å². The Bertz CT molecular complexity index is 998. The summed E-state index contributed by atoms with van der Waals surface area (Å²) in [5.74, 6) is 1.01. The van der Waals surface area contributed by atoms with Crippen LogP contribution >= 0.6 is 46.9 Å². The second-order valence-electron chi connectivity index (χ2n) is 6.94. The number of fused-ring (bicyclic) bond motifs is 1. The van der Waals surface area contributed by atoms with E-state index in [1.54, 1.807) is 37.3 Å². The molecule has 0 atom stereocenters. The molecular weight excluding hydrogens is 481 g/mol. The molecule has 31 heavy (non-hydrogen) atoms. The maximum Gasteiger partial charge on any atom is 0.260 e. The van der Waals surface area contributed by atoms with Gasteiger partial charge in [0, 0.05) is 34.3 Å². The van der Waals surface area contributed by atoms with Gasteiger partial charge in [0.25, 0.3) is 5.91 Å². The van der Waals surface area contributed by atoms with Gasteiger partial charge in [0.05, 0.1) is 24.4 Å². The molecule has 1 amide bonds. The van der Waals surface area contributed by atoms with Crippen LogP contribution in [0, 0.1) is 0 Å². The second-order valence-corrected chi connectivity index (χ2v) is 8.83. The summed E-state index contributed by atoms with van der Waals surface area (Å²) in [6.45, 7) is 1.35. The van der Waals surface area contributed by atoms with Crippen LogP contribution in [0.4, 0.5) is 5.13 Å². The fraction of sp³-hybridized carbons (Fsp3) is 0.333. The predicted molar refractivity (Wildman–Crippen MR) is 131 cm³/mol. The molecule has 0 aliphatic rings. The van der Waals surface area contributed by atoms with Crippen LogP contribution in [0.3, 0.4) is 0 Å². The maximum atomic E-state index is 13.4. The Labute approximate surface area is 202 Å². The van der Waals surface area contributed by atoms with Gasteiger partial charge >= 0.3 is 0 Å². The number of methoxy groups -OCH3 is 2. The molecule has 0 fully saturated rings. The molecule has 1 aromatic heterocycles. The van der Waals surface area contributed by atoms with E-state index in [4.69, 9.17) is 37.7 Å². The minimum atomic E-state index is -0.198. The number of nitrogens with zero attached hydrogens (tertiary/aromatic N) is 3. The fourth-order valence-corrected chi connectivity index (χ4v) is 4.55. The number of thiazole rings is 1. The molecule has 3 rings (SSSR count). The molecule has 0 saturated carbocycles. The Hall–Kier alpha value is -1.77. The van der Waals surface area contributed by atoms with Crippen molar-refractivity contribution in [1.82, 2.24) is 9.88 Å². The van der Waals surface area contributed by atoms with Gasteiger partial charge in [0.15, 0.2) is 16.6 Å². The lowest BCUT2D eigenvalue weighted by molar-refractivity contribution is 0.0986. The number of hydrogen-bond acceptors (Lipinski definition) is 6. The molecule has 0 unspecified atom stereocenters. The van der Waals surface area contributed by atoms with E-state index in [0.717, 1.165) is 23.2 Å². The zero-order chi connectivity index (χ0) is 21.8. The molecule has 1 heterocycles. The van der Waals surface area contributed by atoms with E-state index >= 15 is 0 Å². The Morgan fingerprint density at radius 2 is 1.61 bits per heavy atom. The minimum absolute atomic E-state index is 0. The highest BCUT2D eigenvalue weighted by atomic mass is 35.5. The molecular formula is C21H24Cl3N3O3S. The molecule has 0 bridgehead atoms. The van der Waals surface area contributed by atoms with E-state index < -0.39 is 0 Å². The standard InChI is InChI=1S/C21H23Cl2N3O3S.ClH/c1-25(2)6-5-7-26(20(27)13-8-14(22)10-15(23)9-13)21-24-16-11-17(28-3)18(29-4)12-19(16)30-21;/h8-12H,5-7H2,1-4H3;1H. The van der Waals surface area contributed by atoms with Gasteiger partial charge in [0.1, 0.15) is 0 Å². The number of benzene rings is 2. The first-order valence-corrected chi connectivity index (χ1v) is 10.8. The van der Waals surface area contributed by atoms with E-state index in [1.807, 2.05) is 26.2 Å². The Morgan fingerprint density at radius 3 is 2.19 bits per heavy atom. The summed E-state index contributed by atoms with van der Waals surface area (Å²) >= 11 is 13.7. The summed E-state index contributed by atoms with van der Waals surface area (Å²) in [4.78, 5) is 21.8. The van der Waals surface area contributed by atoms with Crippen LogP contribution in [-0.2, 0) is 0 Å². The fourth-order valence-electron chi connectivity index (χ4n) is 3.02. The molecule has 0 aliphatic carbocycles. The van der Waals surface area contributed by atoms with Gasteiger partial charge < -0.3 is 14.4 Å². The van der Waals surface area contributed by atoms with Crippen molar-refractivity contribution in [2.45, 2.75) is 6.42 Å². The molecule has 0 spiro atoms. The number of carbonyl (C=O) groups is 1. The monoisotopic (exact) mass is 503 g/mol. The SMILES string of the molecule is COc1cc2nc(N(CCCN(C)C)C(=O)c3cc(Cl)cc(Cl)c3)sc2cc1OC.Cl. The van der Waals surface area contributed by atoms with E-state index in [1.165, 1.54) is 11.3 Å². The molecule has 0 aliphatic heterocycles. The van der Waals surface area contributed by atoms with Crippen molar-refractivity contribution in [2.75, 3.05) is 46.3 Å². The van der Waals surface area contributed by atoms with Gasteiger partial charge in [-0.05, 0) is 45.3 Å². The highest BCUT2D eigenvalue weighted by Gasteiger charge is 2.23. The number of amides is 1. The number of aromatic nitrogens is 1. The van der Waals surface area contributed by atoms with Crippen LogP contribution in [0.15, 0.2) is 30.3 Å². The van der Waals surface area contributed by atoms with E-state index in [9.17, 15) is 4.79 Å². The summed E-state index contributed by atoms with van der Waals surface area (Å²) in [5, 5.41) is 1.43. The quantitative estimate of drug-likeness (QED) is 0.397. The third kappa shape index (κ3) is 6.14. The average Bonchev–Trinajstić information content (AvgIpc) is 3.11. The first-order chi connectivity index (χ1) is 14.3. The van der Waals surface area contributed by atoms with Crippen molar-refractivity contribution < 1.29 is 14.3 Å². The second kappa shape index (κ2) is 11.2. The van der Waals surface area contributed by atoms with Crippen molar-refractivity contribution in [2.24, 2.45) is 0 Å². The van der Waals surface area contributed by atoms with Crippen LogP contribution in [0.25, 0.3) is 10.2 Å². The lowest BCUT2D eigenvalue weighted by Crippen LogP contribution is -2.33. The lowest BCUT2D eigenvalue weighted by atomic mass is 10.2. The van der Waals surface area contributed by atoms with Crippen molar-refractivity contribution in [3.63, 3.8) is 0 Å². The van der Waals surface area contributed by atoms with Crippen LogP contribution in [0.5, 0.6) is 11.5 Å². The van der Waals surface area contributed by atoms with Crippen LogP contribution in [0.1, 0.15) is 16.8 Å². The summed E-state index contributed by atoms with van der Waals surface area (Å²) in [6, 6.07) is 8.52. The van der Waals surface area contributed by atoms with Gasteiger partial charge in [-0.1, -0.05) is 34.5 Å². The third-order valence-corrected chi connectivity index (χ3v) is 5.93. The van der Waals surface area contributed by atoms with Crippen molar-refractivity contribution in [1.29, 1.82) is 0 Å². The highest BCUT2D eigenvalue weighted by Crippen LogP contribution is 2.37. The van der Waals surface area contributed by atoms with Gasteiger partial charge in [-0.3, -0.25) is 9.69 Å². The maximum absolute atomic E-state index is 13.4. The van der Waals surface area contributed by atoms with E-state index in [-0.39, 0.29) is 18.3 Å². The number of anilines is 1. The Morgan fingerprint density at radius 1 is 1.00 bits per heavy atom. The van der Waals surface area contributed by atoms with Crippen LogP contribution in [0.2, 0.25) is 10.0 Å². The van der Waals surface area contributed by atoms with Gasteiger partial charge in [0.2, 0.25) is 0 Å². The molecule has 10 heteroatoms. The normalized spacial score (nSPS) is 10.8. The minimum Gasteiger partial charge on any atom is -0.493 e. The first kappa shape index (κ1) is 25.5. The molecule has 168 valence electrons. The summed E-state index contributed by atoms with van der Waals surface area (Å²) in [6.07, 6.45) is 0.787. The Kier molecular flexibility index (Phi) is 9.21. The van der Waals surface area contributed by atoms with Crippen molar-refractivity contribution in [3.05, 3.63) is 45.9 Å². The molecule has 0 N–H and O–H groups in total. The number of ether oxygens (including phenoxy) is 2. The largest absolute Gasteiger partial charge is 0.493 e. The topological polar surface area (TPSA) is 54.9 Å². The van der Waals surface area contributed by atoms with Gasteiger partial charge in [-0.2, -0.15) is 0 Å². The number of carbonyl (C=O) groups excluding carboxylic acids is 1. The molecule has 6 nitrogen and oxygen atoms in total. The third-order valence-electron chi connectivity index (χ3n) is 4.46. The van der Waals surface area contributed by atoms with E-state index in [0.29, 0.717) is 38.8 Å². The lowest BCUT2D eigenvalue weighted by Gasteiger charge is -2.21. The summed E-state index contributed by atoms with van der Waals surface area (Å²) < 4.78 is 11.7. The molecule has 3 aromatic rings. The summed E-state index contributed by atoms with van der Waals surface area (Å²) in [5.41, 5.74) is 1.16. The van der Waals surface area contributed by atoms with Crippen LogP contribution < -0.4 is 14.4 Å². The van der Waals surface area contributed by atoms with Crippen LogP contribution in [-0.4, -0.2) is 57.2 Å². The average molecular weight is 505 g/mol. The zero-order valence-corrected chi connectivity index (χ0v) is 20.8. The summed E-state index contributed by atoms with van der Waals surface area (Å²) in [7, 11) is 7.17.